The van der Waals surface area contributed by atoms with Gasteiger partial charge in [-0.25, -0.2) is 17.1 Å². The van der Waals surface area contributed by atoms with Gasteiger partial charge in [0.15, 0.2) is 5.78 Å². The Bertz CT molecular complexity index is 981. The third-order valence-corrected chi connectivity index (χ3v) is 7.15. The first-order chi connectivity index (χ1) is 12.9. The highest BCUT2D eigenvalue weighted by atomic mass is 32.2. The van der Waals surface area contributed by atoms with Crippen molar-refractivity contribution in [1.82, 2.24) is 4.31 Å². The molecular formula is C20H20FNO4S. The average Bonchev–Trinajstić information content (AvgIpc) is 2.64. The van der Waals surface area contributed by atoms with Gasteiger partial charge in [0.2, 0.25) is 10.0 Å². The summed E-state index contributed by atoms with van der Waals surface area (Å²) in [6, 6.07) is 13.0. The van der Waals surface area contributed by atoms with Gasteiger partial charge in [0, 0.05) is 31.5 Å². The summed E-state index contributed by atoms with van der Waals surface area (Å²) >= 11 is 0. The number of nitrogens with zero attached hydrogens (tertiary/aromatic N) is 1. The first-order valence-corrected chi connectivity index (χ1v) is 10.5. The number of para-hydroxylation sites is 1. The molecule has 1 saturated heterocycles. The first-order valence-electron chi connectivity index (χ1n) is 8.91. The number of benzene rings is 2. The van der Waals surface area contributed by atoms with E-state index in [1.54, 1.807) is 24.3 Å². The fourth-order valence-electron chi connectivity index (χ4n) is 3.80. The van der Waals surface area contributed by atoms with Crippen molar-refractivity contribution in [2.45, 2.75) is 30.6 Å². The Morgan fingerprint density at radius 3 is 2.44 bits per heavy atom. The van der Waals surface area contributed by atoms with Crippen LogP contribution >= 0.6 is 0 Å². The fraction of sp³-hybridized carbons (Fsp3) is 0.350. The summed E-state index contributed by atoms with van der Waals surface area (Å²) in [7, 11) is -3.64. The molecule has 0 saturated carbocycles. The molecule has 0 bridgehead atoms. The van der Waals surface area contributed by atoms with Gasteiger partial charge in [0.25, 0.3) is 0 Å². The molecule has 4 rings (SSSR count). The number of Topliss-reactive ketones (excluding diaryl/α,β-unsaturated/α-hetero) is 1. The van der Waals surface area contributed by atoms with Gasteiger partial charge >= 0.3 is 0 Å². The van der Waals surface area contributed by atoms with E-state index in [4.69, 9.17) is 4.74 Å². The molecule has 2 aromatic carbocycles. The van der Waals surface area contributed by atoms with E-state index in [2.05, 4.69) is 0 Å². The van der Waals surface area contributed by atoms with Crippen molar-refractivity contribution in [2.24, 2.45) is 0 Å². The van der Waals surface area contributed by atoms with E-state index in [0.29, 0.717) is 24.2 Å². The van der Waals surface area contributed by atoms with E-state index in [0.717, 1.165) is 0 Å². The smallest absolute Gasteiger partial charge is 0.218 e. The summed E-state index contributed by atoms with van der Waals surface area (Å²) in [4.78, 5) is 12.5. The Morgan fingerprint density at radius 2 is 1.70 bits per heavy atom. The lowest BCUT2D eigenvalue weighted by Gasteiger charge is -2.43. The lowest BCUT2D eigenvalue weighted by atomic mass is 9.83. The van der Waals surface area contributed by atoms with Crippen LogP contribution in [0.15, 0.2) is 48.5 Å². The number of sulfonamides is 1. The van der Waals surface area contributed by atoms with Crippen LogP contribution in [0.25, 0.3) is 0 Å². The molecule has 0 amide bonds. The van der Waals surface area contributed by atoms with E-state index in [1.165, 1.54) is 22.5 Å². The second-order valence-corrected chi connectivity index (χ2v) is 9.10. The van der Waals surface area contributed by atoms with Gasteiger partial charge in [0.1, 0.15) is 17.2 Å². The summed E-state index contributed by atoms with van der Waals surface area (Å²) in [5.41, 5.74) is 0.0867. The number of ketones is 1. The van der Waals surface area contributed by atoms with Gasteiger partial charge in [-0.3, -0.25) is 4.79 Å². The predicted molar refractivity (Wildman–Crippen MR) is 98.6 cm³/mol. The van der Waals surface area contributed by atoms with E-state index in [9.17, 15) is 17.6 Å². The van der Waals surface area contributed by atoms with E-state index in [1.807, 2.05) is 6.07 Å². The molecule has 5 nitrogen and oxygen atoms in total. The van der Waals surface area contributed by atoms with E-state index < -0.39 is 21.4 Å². The van der Waals surface area contributed by atoms with Crippen LogP contribution in [0.2, 0.25) is 0 Å². The number of fused-ring (bicyclic) bond motifs is 1. The van der Waals surface area contributed by atoms with Gasteiger partial charge in [-0.05, 0) is 18.2 Å². The topological polar surface area (TPSA) is 63.7 Å². The van der Waals surface area contributed by atoms with Gasteiger partial charge in [-0.15, -0.1) is 0 Å². The number of rotatable bonds is 3. The van der Waals surface area contributed by atoms with Crippen LogP contribution in [0.1, 0.15) is 35.2 Å². The largest absolute Gasteiger partial charge is 0.486 e. The normalized spacial score (nSPS) is 19.5. The molecule has 2 aliphatic rings. The highest BCUT2D eigenvalue weighted by molar-refractivity contribution is 7.88. The van der Waals surface area contributed by atoms with Crippen molar-refractivity contribution in [3.8, 4) is 5.75 Å². The minimum atomic E-state index is -3.64. The van der Waals surface area contributed by atoms with Crippen LogP contribution in [0, 0.1) is 5.82 Å². The fourth-order valence-corrected chi connectivity index (χ4v) is 5.35. The number of carbonyl (C=O) groups is 1. The third kappa shape index (κ3) is 3.49. The van der Waals surface area contributed by atoms with Crippen LogP contribution in [0.3, 0.4) is 0 Å². The van der Waals surface area contributed by atoms with Crippen LogP contribution in [-0.4, -0.2) is 37.2 Å². The molecule has 1 spiro atoms. The molecule has 2 heterocycles. The number of hydrogen-bond acceptors (Lipinski definition) is 4. The lowest BCUT2D eigenvalue weighted by molar-refractivity contribution is 0.00589. The van der Waals surface area contributed by atoms with Gasteiger partial charge in [0.05, 0.1) is 17.7 Å². The quantitative estimate of drug-likeness (QED) is 0.809. The second kappa shape index (κ2) is 6.73. The minimum absolute atomic E-state index is 0.0273. The molecule has 0 aromatic heterocycles. The Kier molecular flexibility index (Phi) is 4.52. The third-order valence-electron chi connectivity index (χ3n) is 5.32. The predicted octanol–water partition coefficient (Wildman–Crippen LogP) is 3.16. The van der Waals surface area contributed by atoms with Gasteiger partial charge in [-0.2, -0.15) is 0 Å². The average molecular weight is 389 g/mol. The Balaban J connectivity index is 1.48. The summed E-state index contributed by atoms with van der Waals surface area (Å²) in [6.07, 6.45) is 1.12. The van der Waals surface area contributed by atoms with Crippen molar-refractivity contribution in [3.63, 3.8) is 0 Å². The second-order valence-electron chi connectivity index (χ2n) is 7.13. The molecule has 142 valence electrons. The standard InChI is InChI=1S/C20H20FNO4S/c21-17-7-3-1-5-15(17)14-27(24,25)22-11-9-20(10-12-22)13-18(23)16-6-2-4-8-19(16)26-20/h1-8H,9-14H2. The summed E-state index contributed by atoms with van der Waals surface area (Å²) < 4.78 is 46.7. The van der Waals surface area contributed by atoms with E-state index >= 15 is 0 Å². The van der Waals surface area contributed by atoms with E-state index in [-0.39, 0.29) is 36.6 Å². The monoisotopic (exact) mass is 389 g/mol. The molecular weight excluding hydrogens is 369 g/mol. The van der Waals surface area contributed by atoms with Crippen molar-refractivity contribution >= 4 is 15.8 Å². The highest BCUT2D eigenvalue weighted by Crippen LogP contribution is 2.39. The summed E-state index contributed by atoms with van der Waals surface area (Å²) in [5, 5.41) is 0. The zero-order chi connectivity index (χ0) is 19.1. The molecule has 0 unspecified atom stereocenters. The molecule has 0 N–H and O–H groups in total. The van der Waals surface area contributed by atoms with Gasteiger partial charge in [-0.1, -0.05) is 30.3 Å². The number of carbonyl (C=O) groups excluding carboxylic acids is 1. The summed E-state index contributed by atoms with van der Waals surface area (Å²) in [6.45, 7) is 0.512. The molecule has 2 aliphatic heterocycles. The SMILES string of the molecule is O=C1CC2(CCN(S(=O)(=O)Cc3ccccc3F)CC2)Oc2ccccc21. The molecule has 2 aromatic rings. The van der Waals surface area contributed by atoms with Crippen LogP contribution in [0.4, 0.5) is 4.39 Å². The summed E-state index contributed by atoms with van der Waals surface area (Å²) in [5.74, 6) is -0.293. The maximum absolute atomic E-state index is 13.8. The number of hydrogen-bond donors (Lipinski definition) is 0. The maximum Gasteiger partial charge on any atom is 0.218 e. The zero-order valence-corrected chi connectivity index (χ0v) is 15.5. The highest BCUT2D eigenvalue weighted by Gasteiger charge is 2.44. The van der Waals surface area contributed by atoms with Crippen molar-refractivity contribution in [3.05, 3.63) is 65.5 Å². The molecule has 0 atom stereocenters. The molecule has 0 radical (unpaired) electrons. The maximum atomic E-state index is 13.8. The minimum Gasteiger partial charge on any atom is -0.486 e. The number of piperidine rings is 1. The lowest BCUT2D eigenvalue weighted by Crippen LogP contribution is -2.52. The first kappa shape index (κ1) is 18.1. The van der Waals surface area contributed by atoms with Crippen LogP contribution < -0.4 is 4.74 Å². The van der Waals surface area contributed by atoms with Crippen LogP contribution in [-0.2, 0) is 15.8 Å². The van der Waals surface area contributed by atoms with Crippen molar-refractivity contribution in [1.29, 1.82) is 0 Å². The number of halogens is 1. The Labute approximate surface area is 157 Å². The Hall–Kier alpha value is -2.25. The Morgan fingerprint density at radius 1 is 1.04 bits per heavy atom. The van der Waals surface area contributed by atoms with Crippen LogP contribution in [0.5, 0.6) is 5.75 Å². The van der Waals surface area contributed by atoms with Crippen molar-refractivity contribution < 1.29 is 22.3 Å². The molecule has 7 heteroatoms. The number of ether oxygens (including phenoxy) is 1. The van der Waals surface area contributed by atoms with Crippen molar-refractivity contribution in [2.75, 3.05) is 13.1 Å². The van der Waals surface area contributed by atoms with Gasteiger partial charge < -0.3 is 4.74 Å². The molecule has 0 aliphatic carbocycles. The molecule has 27 heavy (non-hydrogen) atoms. The molecule has 1 fully saturated rings. The zero-order valence-electron chi connectivity index (χ0n) is 14.7.